The Kier molecular flexibility index (Phi) is 4.32. The number of ether oxygens (including phenoxy) is 1. The molecule has 2 aromatic rings. The highest BCUT2D eigenvalue weighted by Crippen LogP contribution is 2.35. The number of aromatic nitrogens is 1. The maximum Gasteiger partial charge on any atom is 0.312 e. The van der Waals surface area contributed by atoms with Gasteiger partial charge in [-0.2, -0.15) is 5.26 Å². The molecule has 0 saturated heterocycles. The Bertz CT molecular complexity index is 728. The highest BCUT2D eigenvalue weighted by molar-refractivity contribution is 9.11. The Hall–Kier alpha value is -1.98. The number of hydrogen-bond acceptors (Lipinski definition) is 5. The van der Waals surface area contributed by atoms with E-state index in [0.717, 1.165) is 10.5 Å². The molecule has 0 N–H and O–H groups in total. The molecular weight excluding hydrogens is 394 g/mol. The van der Waals surface area contributed by atoms with E-state index in [1.54, 1.807) is 6.07 Å². The molecule has 0 unspecified atom stereocenters. The van der Waals surface area contributed by atoms with Gasteiger partial charge in [0.15, 0.2) is 0 Å². The van der Waals surface area contributed by atoms with Crippen LogP contribution in [-0.2, 0) is 0 Å². The van der Waals surface area contributed by atoms with E-state index in [9.17, 15) is 10.1 Å². The number of nitrogens with zero attached hydrogens (tertiary/aromatic N) is 3. The van der Waals surface area contributed by atoms with E-state index in [4.69, 9.17) is 10.00 Å². The Morgan fingerprint density at radius 2 is 2.10 bits per heavy atom. The monoisotopic (exact) mass is 397 g/mol. The van der Waals surface area contributed by atoms with Gasteiger partial charge < -0.3 is 4.74 Å². The molecule has 1 aromatic heterocycles. The van der Waals surface area contributed by atoms with Crippen LogP contribution in [0.3, 0.4) is 0 Å². The molecule has 0 saturated carbocycles. The summed E-state index contributed by atoms with van der Waals surface area (Å²) in [5.74, 6) is 0.213. The molecule has 0 amide bonds. The second-order valence-electron chi connectivity index (χ2n) is 3.59. The lowest BCUT2D eigenvalue weighted by atomic mass is 10.2. The molecule has 1 aromatic carbocycles. The summed E-state index contributed by atoms with van der Waals surface area (Å²) in [7, 11) is 0. The summed E-state index contributed by atoms with van der Waals surface area (Å²) >= 11 is 6.50. The average Bonchev–Trinajstić information content (AvgIpc) is 2.42. The molecule has 0 bridgehead atoms. The average molecular weight is 399 g/mol. The number of nitro groups is 1. The van der Waals surface area contributed by atoms with E-state index in [0.29, 0.717) is 4.47 Å². The van der Waals surface area contributed by atoms with Crippen molar-refractivity contribution >= 4 is 37.5 Å². The van der Waals surface area contributed by atoms with Gasteiger partial charge in [-0.05, 0) is 50.1 Å². The predicted molar refractivity (Wildman–Crippen MR) is 77.5 cm³/mol. The smallest absolute Gasteiger partial charge is 0.312 e. The standard InChI is InChI=1S/C12H5Br2N3O3/c13-8-4-9(14)12(16-6-8)20-11-2-1-7(5-15)3-10(11)17(18)19/h1-4,6H. The molecule has 0 spiro atoms. The van der Waals surface area contributed by atoms with Crippen LogP contribution < -0.4 is 4.74 Å². The van der Waals surface area contributed by atoms with Gasteiger partial charge in [0.1, 0.15) is 0 Å². The van der Waals surface area contributed by atoms with Crippen LogP contribution in [0.1, 0.15) is 5.56 Å². The van der Waals surface area contributed by atoms with Crippen molar-refractivity contribution in [3.63, 3.8) is 0 Å². The van der Waals surface area contributed by atoms with Gasteiger partial charge >= 0.3 is 5.69 Å². The van der Waals surface area contributed by atoms with Gasteiger partial charge in [0.25, 0.3) is 0 Å². The molecule has 0 atom stereocenters. The van der Waals surface area contributed by atoms with E-state index in [-0.39, 0.29) is 22.9 Å². The molecule has 2 rings (SSSR count). The highest BCUT2D eigenvalue weighted by atomic mass is 79.9. The zero-order valence-corrected chi connectivity index (χ0v) is 12.9. The van der Waals surface area contributed by atoms with Crippen molar-refractivity contribution < 1.29 is 9.66 Å². The molecule has 0 radical (unpaired) electrons. The fourth-order valence-electron chi connectivity index (χ4n) is 1.40. The molecular formula is C12H5Br2N3O3. The van der Waals surface area contributed by atoms with Gasteiger partial charge in [-0.3, -0.25) is 10.1 Å². The Balaban J connectivity index is 2.43. The highest BCUT2D eigenvalue weighted by Gasteiger charge is 2.18. The third-order valence-electron chi connectivity index (χ3n) is 2.27. The summed E-state index contributed by atoms with van der Waals surface area (Å²) in [5.41, 5.74) is -0.104. The Morgan fingerprint density at radius 3 is 2.70 bits per heavy atom. The predicted octanol–water partition coefficient (Wildman–Crippen LogP) is 4.18. The van der Waals surface area contributed by atoms with Gasteiger partial charge in [-0.1, -0.05) is 0 Å². The van der Waals surface area contributed by atoms with Crippen molar-refractivity contribution in [2.75, 3.05) is 0 Å². The third kappa shape index (κ3) is 3.12. The van der Waals surface area contributed by atoms with Crippen LogP contribution >= 0.6 is 31.9 Å². The quantitative estimate of drug-likeness (QED) is 0.571. The first kappa shape index (κ1) is 14.4. The molecule has 100 valence electrons. The SMILES string of the molecule is N#Cc1ccc(Oc2ncc(Br)cc2Br)c([N+](=O)[O-])c1. The maximum absolute atomic E-state index is 11.0. The Morgan fingerprint density at radius 1 is 1.35 bits per heavy atom. The summed E-state index contributed by atoms with van der Waals surface area (Å²) in [6.45, 7) is 0. The van der Waals surface area contributed by atoms with Crippen molar-refractivity contribution in [1.29, 1.82) is 5.26 Å². The lowest BCUT2D eigenvalue weighted by Gasteiger charge is -2.07. The van der Waals surface area contributed by atoms with Gasteiger partial charge in [0.2, 0.25) is 11.6 Å². The summed E-state index contributed by atoms with van der Waals surface area (Å²) in [6, 6.07) is 7.51. The minimum Gasteiger partial charge on any atom is -0.431 e. The van der Waals surface area contributed by atoms with Crippen LogP contribution in [0.4, 0.5) is 5.69 Å². The van der Waals surface area contributed by atoms with Crippen LogP contribution in [0.25, 0.3) is 0 Å². The van der Waals surface area contributed by atoms with Gasteiger partial charge in [0.05, 0.1) is 21.0 Å². The fraction of sp³-hybridized carbons (Fsp3) is 0. The molecule has 0 fully saturated rings. The van der Waals surface area contributed by atoms with Crippen LogP contribution in [-0.4, -0.2) is 9.91 Å². The Labute approximate surface area is 130 Å². The fourth-order valence-corrected chi connectivity index (χ4v) is 2.47. The van der Waals surface area contributed by atoms with Crippen LogP contribution in [0.5, 0.6) is 11.6 Å². The van der Waals surface area contributed by atoms with Crippen LogP contribution in [0, 0.1) is 21.4 Å². The number of benzene rings is 1. The molecule has 1 heterocycles. The molecule has 0 aliphatic rings. The second-order valence-corrected chi connectivity index (χ2v) is 5.36. The van der Waals surface area contributed by atoms with E-state index in [1.165, 1.54) is 18.3 Å². The zero-order valence-electron chi connectivity index (χ0n) is 9.71. The summed E-state index contributed by atoms with van der Waals surface area (Å²) in [4.78, 5) is 14.4. The van der Waals surface area contributed by atoms with Crippen molar-refractivity contribution in [3.05, 3.63) is 55.1 Å². The number of rotatable bonds is 3. The van der Waals surface area contributed by atoms with Gasteiger partial charge in [0, 0.05) is 16.7 Å². The van der Waals surface area contributed by atoms with E-state index in [2.05, 4.69) is 36.8 Å². The maximum atomic E-state index is 11.0. The minimum absolute atomic E-state index is 0.0181. The lowest BCUT2D eigenvalue weighted by Crippen LogP contribution is -1.96. The van der Waals surface area contributed by atoms with Crippen molar-refractivity contribution in [2.45, 2.75) is 0 Å². The number of pyridine rings is 1. The normalized spacial score (nSPS) is 9.85. The zero-order chi connectivity index (χ0) is 14.7. The summed E-state index contributed by atoms with van der Waals surface area (Å²) < 4.78 is 6.71. The second kappa shape index (κ2) is 5.98. The van der Waals surface area contributed by atoms with E-state index < -0.39 is 4.92 Å². The number of nitro benzene ring substituents is 1. The van der Waals surface area contributed by atoms with Crippen LogP contribution in [0.2, 0.25) is 0 Å². The first-order valence-electron chi connectivity index (χ1n) is 5.18. The van der Waals surface area contributed by atoms with E-state index in [1.807, 2.05) is 6.07 Å². The molecule has 0 aliphatic heterocycles. The van der Waals surface area contributed by atoms with Crippen molar-refractivity contribution in [1.82, 2.24) is 4.98 Å². The van der Waals surface area contributed by atoms with Crippen LogP contribution in [0.15, 0.2) is 39.4 Å². The van der Waals surface area contributed by atoms with E-state index >= 15 is 0 Å². The summed E-state index contributed by atoms with van der Waals surface area (Å²) in [5, 5.41) is 19.8. The van der Waals surface area contributed by atoms with Gasteiger partial charge in [-0.25, -0.2) is 4.98 Å². The van der Waals surface area contributed by atoms with Crippen molar-refractivity contribution in [2.24, 2.45) is 0 Å². The summed E-state index contributed by atoms with van der Waals surface area (Å²) in [6.07, 6.45) is 1.51. The molecule has 6 nitrogen and oxygen atoms in total. The molecule has 20 heavy (non-hydrogen) atoms. The number of hydrogen-bond donors (Lipinski definition) is 0. The number of nitriles is 1. The number of halogens is 2. The largest absolute Gasteiger partial charge is 0.431 e. The minimum atomic E-state index is -0.608. The first-order valence-corrected chi connectivity index (χ1v) is 6.77. The lowest BCUT2D eigenvalue weighted by molar-refractivity contribution is -0.385. The molecule has 8 heteroatoms. The first-order chi connectivity index (χ1) is 9.51. The van der Waals surface area contributed by atoms with Gasteiger partial charge in [-0.15, -0.1) is 0 Å². The third-order valence-corrected chi connectivity index (χ3v) is 3.27. The van der Waals surface area contributed by atoms with Crippen molar-refractivity contribution in [3.8, 4) is 17.7 Å². The topological polar surface area (TPSA) is 89.0 Å². The molecule has 0 aliphatic carbocycles.